The fourth-order valence-corrected chi connectivity index (χ4v) is 6.65. The quantitative estimate of drug-likeness (QED) is 0.257. The van der Waals surface area contributed by atoms with Gasteiger partial charge in [0.2, 0.25) is 5.78 Å². The minimum absolute atomic E-state index is 0.0360. The van der Waals surface area contributed by atoms with Gasteiger partial charge >= 0.3 is 0 Å². The van der Waals surface area contributed by atoms with Crippen LogP contribution in [-0.4, -0.2) is 80.7 Å². The molecule has 0 saturated carbocycles. The smallest absolute Gasteiger partial charge is 0.202 e. The first-order valence-electron chi connectivity index (χ1n) is 14.0. The average Bonchev–Trinajstić information content (AvgIpc) is 2.94. The van der Waals surface area contributed by atoms with Crippen molar-refractivity contribution >= 4 is 17.3 Å². The molecule has 0 radical (unpaired) electrons. The Morgan fingerprint density at radius 3 is 2.45 bits per heavy atom. The summed E-state index contributed by atoms with van der Waals surface area (Å²) < 4.78 is 17.5. The van der Waals surface area contributed by atoms with Crippen molar-refractivity contribution in [3.63, 3.8) is 0 Å². The number of aliphatic hydroxyl groups excluding tert-OH is 2. The lowest BCUT2D eigenvalue weighted by atomic mass is 9.72. The van der Waals surface area contributed by atoms with Gasteiger partial charge in [0.1, 0.15) is 29.5 Å². The summed E-state index contributed by atoms with van der Waals surface area (Å²) in [6.07, 6.45) is -3.62. The van der Waals surface area contributed by atoms with Crippen molar-refractivity contribution in [2.75, 3.05) is 13.7 Å². The van der Waals surface area contributed by atoms with Crippen LogP contribution in [0.3, 0.4) is 0 Å². The minimum Gasteiger partial charge on any atom is -0.507 e. The highest BCUT2D eigenvalue weighted by molar-refractivity contribution is 6.31. The van der Waals surface area contributed by atoms with Crippen molar-refractivity contribution < 1.29 is 54.1 Å². The van der Waals surface area contributed by atoms with Crippen molar-refractivity contribution in [2.45, 2.75) is 76.7 Å². The van der Waals surface area contributed by atoms with Gasteiger partial charge in [0, 0.05) is 36.0 Å². The Labute approximate surface area is 242 Å². The second-order valence-corrected chi connectivity index (χ2v) is 11.9. The van der Waals surface area contributed by atoms with Crippen molar-refractivity contribution in [1.29, 1.82) is 0 Å². The van der Waals surface area contributed by atoms with E-state index in [9.17, 15) is 39.9 Å². The van der Waals surface area contributed by atoms with Gasteiger partial charge in [0.25, 0.3) is 0 Å². The molecule has 1 aliphatic heterocycles. The van der Waals surface area contributed by atoms with E-state index in [2.05, 4.69) is 0 Å². The number of rotatable bonds is 7. The molecule has 0 spiro atoms. The second kappa shape index (κ2) is 11.1. The summed E-state index contributed by atoms with van der Waals surface area (Å²) in [6.45, 7) is 4.75. The maximum atomic E-state index is 13.8. The van der Waals surface area contributed by atoms with Crippen molar-refractivity contribution in [1.82, 2.24) is 0 Å². The highest BCUT2D eigenvalue weighted by Gasteiger charge is 2.50. The SMILES string of the molecule is COc1cccc2c1C(=O)c1c(O)c3c(c(O)c1C2=O)C[C@@](O)(C(=O)CO)C[C@@H]3O[C@H]1C[C@H](CC(C)C)[C@@H](O)[C@H](C)O1. The van der Waals surface area contributed by atoms with Gasteiger partial charge in [-0.25, -0.2) is 0 Å². The fraction of sp³-hybridized carbons (Fsp3) is 0.516. The number of carbonyl (C=O) groups excluding carboxylic acids is 3. The molecule has 0 bridgehead atoms. The van der Waals surface area contributed by atoms with E-state index in [4.69, 9.17) is 14.2 Å². The van der Waals surface area contributed by atoms with E-state index in [1.807, 2.05) is 13.8 Å². The van der Waals surface area contributed by atoms with Crippen LogP contribution in [0.5, 0.6) is 17.2 Å². The lowest BCUT2D eigenvalue weighted by Crippen LogP contribution is -2.49. The molecule has 2 aromatic carbocycles. The first kappa shape index (κ1) is 30.1. The zero-order valence-electron chi connectivity index (χ0n) is 23.9. The summed E-state index contributed by atoms with van der Waals surface area (Å²) in [5.41, 5.74) is -3.44. The van der Waals surface area contributed by atoms with Crippen LogP contribution in [-0.2, 0) is 20.7 Å². The molecule has 0 amide bonds. The molecule has 2 aliphatic carbocycles. The van der Waals surface area contributed by atoms with Crippen LogP contribution in [0.4, 0.5) is 0 Å². The van der Waals surface area contributed by atoms with E-state index in [0.29, 0.717) is 6.42 Å². The predicted molar refractivity (Wildman–Crippen MR) is 147 cm³/mol. The van der Waals surface area contributed by atoms with Gasteiger partial charge in [0.15, 0.2) is 17.9 Å². The summed E-state index contributed by atoms with van der Waals surface area (Å²) >= 11 is 0. The third kappa shape index (κ3) is 4.79. The molecule has 5 rings (SSSR count). The van der Waals surface area contributed by atoms with Gasteiger partial charge in [0.05, 0.1) is 42.1 Å². The lowest BCUT2D eigenvalue weighted by molar-refractivity contribution is -0.258. The Morgan fingerprint density at radius 2 is 1.81 bits per heavy atom. The van der Waals surface area contributed by atoms with Gasteiger partial charge in [-0.05, 0) is 31.2 Å². The normalized spacial score (nSPS) is 28.7. The Bertz CT molecular complexity index is 1450. The van der Waals surface area contributed by atoms with Crippen LogP contribution in [0.2, 0.25) is 0 Å². The molecular formula is C31H36O11. The van der Waals surface area contributed by atoms with E-state index in [1.54, 1.807) is 6.92 Å². The highest BCUT2D eigenvalue weighted by Crippen LogP contribution is 2.52. The number of phenols is 2. The molecular weight excluding hydrogens is 548 g/mol. The molecule has 3 aliphatic rings. The van der Waals surface area contributed by atoms with Crippen LogP contribution >= 0.6 is 0 Å². The van der Waals surface area contributed by atoms with Crippen LogP contribution in [0.1, 0.15) is 89.1 Å². The number of Topliss-reactive ketones (excluding diaryl/α,β-unsaturated/α-hetero) is 1. The number of hydrogen-bond acceptors (Lipinski definition) is 11. The summed E-state index contributed by atoms with van der Waals surface area (Å²) in [6, 6.07) is 4.42. The number of ether oxygens (including phenoxy) is 3. The van der Waals surface area contributed by atoms with Crippen LogP contribution in [0.15, 0.2) is 18.2 Å². The molecule has 6 atom stereocenters. The molecule has 0 unspecified atom stereocenters. The van der Waals surface area contributed by atoms with Crippen LogP contribution < -0.4 is 4.74 Å². The molecule has 42 heavy (non-hydrogen) atoms. The third-order valence-corrected chi connectivity index (χ3v) is 8.65. The van der Waals surface area contributed by atoms with Crippen molar-refractivity contribution in [3.05, 3.63) is 51.6 Å². The van der Waals surface area contributed by atoms with Gasteiger partial charge in [-0.3, -0.25) is 14.4 Å². The van der Waals surface area contributed by atoms with Gasteiger partial charge < -0.3 is 39.7 Å². The minimum atomic E-state index is -2.22. The Morgan fingerprint density at radius 1 is 1.12 bits per heavy atom. The fourth-order valence-electron chi connectivity index (χ4n) is 6.65. The van der Waals surface area contributed by atoms with Crippen molar-refractivity contribution in [3.8, 4) is 17.2 Å². The third-order valence-electron chi connectivity index (χ3n) is 8.65. The van der Waals surface area contributed by atoms with Gasteiger partial charge in [-0.2, -0.15) is 0 Å². The monoisotopic (exact) mass is 584 g/mol. The Hall–Kier alpha value is -3.35. The topological polar surface area (TPSA) is 180 Å². The number of ketones is 3. The molecule has 226 valence electrons. The second-order valence-electron chi connectivity index (χ2n) is 11.9. The van der Waals surface area contributed by atoms with Crippen molar-refractivity contribution in [2.24, 2.45) is 11.8 Å². The Kier molecular flexibility index (Phi) is 7.92. The van der Waals surface area contributed by atoms with Gasteiger partial charge in [-0.15, -0.1) is 0 Å². The summed E-state index contributed by atoms with van der Waals surface area (Å²) in [5.74, 6) is -3.54. The molecule has 1 saturated heterocycles. The molecule has 1 fully saturated rings. The Balaban J connectivity index is 1.65. The summed E-state index contributed by atoms with van der Waals surface area (Å²) in [4.78, 5) is 40.1. The van der Waals surface area contributed by atoms with Crippen LogP contribution in [0, 0.1) is 11.8 Å². The first-order valence-corrected chi connectivity index (χ1v) is 14.0. The molecule has 11 heteroatoms. The first-order chi connectivity index (χ1) is 19.8. The molecule has 2 aromatic rings. The number of carbonyl (C=O) groups is 3. The number of fused-ring (bicyclic) bond motifs is 3. The zero-order valence-corrected chi connectivity index (χ0v) is 23.9. The van der Waals surface area contributed by atoms with E-state index in [-0.39, 0.29) is 46.3 Å². The zero-order chi connectivity index (χ0) is 30.7. The average molecular weight is 585 g/mol. The summed E-state index contributed by atoms with van der Waals surface area (Å²) in [5, 5.41) is 54.8. The van der Waals surface area contributed by atoms with E-state index < -0.39 is 89.6 Å². The molecule has 1 heterocycles. The lowest BCUT2D eigenvalue weighted by Gasteiger charge is -2.43. The van der Waals surface area contributed by atoms with E-state index in [1.165, 1.54) is 25.3 Å². The van der Waals surface area contributed by atoms with Crippen LogP contribution in [0.25, 0.3) is 0 Å². The number of methoxy groups -OCH3 is 1. The number of hydrogen-bond donors (Lipinski definition) is 5. The molecule has 0 aromatic heterocycles. The summed E-state index contributed by atoms with van der Waals surface area (Å²) in [7, 11) is 1.34. The number of phenolic OH excluding ortho intramolecular Hbond substituents is 2. The van der Waals surface area contributed by atoms with E-state index >= 15 is 0 Å². The molecule has 5 N–H and O–H groups in total. The predicted octanol–water partition coefficient (Wildman–Crippen LogP) is 2.34. The molecule has 11 nitrogen and oxygen atoms in total. The highest BCUT2D eigenvalue weighted by atomic mass is 16.7. The number of benzene rings is 2. The standard InChI is InChI=1S/C31H36O11/c1-13(2)8-15-9-21(41-14(3)26(15)34)42-19-11-31(39,20(33)12-32)10-17-23(19)30(38)25-24(28(17)36)27(35)16-6-5-7-18(40-4)22(16)29(25)37/h5-7,13-15,19,21,26,32,34,36,38-39H,8-12H2,1-4H3/t14-,15-,19-,21-,26-,31-/m0/s1. The largest absolute Gasteiger partial charge is 0.507 e. The number of aromatic hydroxyl groups is 2. The van der Waals surface area contributed by atoms with E-state index in [0.717, 1.165) is 0 Å². The maximum absolute atomic E-state index is 13.8. The number of aliphatic hydroxyl groups is 3. The maximum Gasteiger partial charge on any atom is 0.202 e. The van der Waals surface area contributed by atoms with Gasteiger partial charge in [-0.1, -0.05) is 26.0 Å².